The Bertz CT molecular complexity index is 1000. The minimum absolute atomic E-state index is 0.0738. The molecule has 0 saturated heterocycles. The highest BCUT2D eigenvalue weighted by molar-refractivity contribution is 7.92. The van der Waals surface area contributed by atoms with Gasteiger partial charge in [0.2, 0.25) is 5.91 Å². The maximum atomic E-state index is 12.7. The van der Waals surface area contributed by atoms with Crippen LogP contribution in [0, 0.1) is 19.3 Å². The third kappa shape index (κ3) is 3.86. The van der Waals surface area contributed by atoms with Crippen LogP contribution >= 0.6 is 0 Å². The summed E-state index contributed by atoms with van der Waals surface area (Å²) in [6.45, 7) is 10.2. The molecule has 1 N–H and O–H groups in total. The van der Waals surface area contributed by atoms with Crippen molar-refractivity contribution in [3.63, 3.8) is 0 Å². The number of carbonyl (C=O) groups excluding carboxylic acids is 1. The summed E-state index contributed by atoms with van der Waals surface area (Å²) in [5, 5.41) is 0. The van der Waals surface area contributed by atoms with E-state index in [0.29, 0.717) is 12.2 Å². The number of rotatable bonds is 3. The van der Waals surface area contributed by atoms with Gasteiger partial charge in [-0.2, -0.15) is 0 Å². The zero-order valence-electron chi connectivity index (χ0n) is 16.5. The van der Waals surface area contributed by atoms with Crippen LogP contribution in [0.4, 0.5) is 11.4 Å². The first-order chi connectivity index (χ1) is 12.5. The Morgan fingerprint density at radius 3 is 2.37 bits per heavy atom. The van der Waals surface area contributed by atoms with Gasteiger partial charge in [-0.05, 0) is 67.3 Å². The van der Waals surface area contributed by atoms with Crippen molar-refractivity contribution in [2.24, 2.45) is 5.41 Å². The second kappa shape index (κ2) is 6.68. The van der Waals surface area contributed by atoms with Crippen molar-refractivity contribution in [2.45, 2.75) is 45.9 Å². The molecule has 6 heteroatoms. The Labute approximate surface area is 161 Å². The lowest BCUT2D eigenvalue weighted by atomic mass is 9.94. The summed E-state index contributed by atoms with van der Waals surface area (Å²) >= 11 is 0. The largest absolute Gasteiger partial charge is 0.311 e. The molecule has 0 aromatic heterocycles. The zero-order chi connectivity index (χ0) is 20.0. The van der Waals surface area contributed by atoms with E-state index in [1.54, 1.807) is 23.1 Å². The number of fused-ring (bicyclic) bond motifs is 1. The molecule has 0 atom stereocenters. The van der Waals surface area contributed by atoms with Crippen molar-refractivity contribution >= 4 is 27.3 Å². The molecule has 1 aliphatic rings. The fourth-order valence-electron chi connectivity index (χ4n) is 3.18. The second-order valence-corrected chi connectivity index (χ2v) is 9.83. The van der Waals surface area contributed by atoms with E-state index >= 15 is 0 Å². The van der Waals surface area contributed by atoms with Crippen LogP contribution in [0.1, 0.15) is 37.5 Å². The molecule has 5 nitrogen and oxygen atoms in total. The van der Waals surface area contributed by atoms with Gasteiger partial charge in [0.25, 0.3) is 10.0 Å². The van der Waals surface area contributed by atoms with E-state index in [-0.39, 0.29) is 10.8 Å². The Morgan fingerprint density at radius 1 is 1.04 bits per heavy atom. The zero-order valence-corrected chi connectivity index (χ0v) is 17.3. The highest BCUT2D eigenvalue weighted by atomic mass is 32.2. The van der Waals surface area contributed by atoms with Gasteiger partial charge in [-0.25, -0.2) is 8.42 Å². The van der Waals surface area contributed by atoms with Crippen LogP contribution < -0.4 is 9.62 Å². The van der Waals surface area contributed by atoms with Crippen molar-refractivity contribution in [2.75, 3.05) is 16.2 Å². The molecule has 0 bridgehead atoms. The SMILES string of the molecule is Cc1ccc(S(=O)(=O)Nc2ccc3c(c2)CCN3C(=O)C(C)(C)C)cc1C. The van der Waals surface area contributed by atoms with Crippen LogP contribution in [0.15, 0.2) is 41.3 Å². The van der Waals surface area contributed by atoms with Crippen molar-refractivity contribution in [3.05, 3.63) is 53.1 Å². The summed E-state index contributed by atoms with van der Waals surface area (Å²) in [7, 11) is -3.65. The molecular formula is C21H26N2O3S. The maximum absolute atomic E-state index is 12.7. The summed E-state index contributed by atoms with van der Waals surface area (Å²) in [5.41, 5.74) is 3.89. The predicted molar refractivity (Wildman–Crippen MR) is 109 cm³/mol. The lowest BCUT2D eigenvalue weighted by molar-refractivity contribution is -0.125. The number of amides is 1. The minimum atomic E-state index is -3.65. The standard InChI is InChI=1S/C21H26N2O3S/c1-14-6-8-18(12-15(14)2)27(25,26)22-17-7-9-19-16(13-17)10-11-23(19)20(24)21(3,4)5/h6-9,12-13,22H,10-11H2,1-5H3. The van der Waals surface area contributed by atoms with Crippen LogP contribution in [-0.2, 0) is 21.2 Å². The molecule has 0 aliphatic carbocycles. The van der Waals surface area contributed by atoms with Crippen LogP contribution in [0.25, 0.3) is 0 Å². The second-order valence-electron chi connectivity index (χ2n) is 8.15. The van der Waals surface area contributed by atoms with Crippen molar-refractivity contribution in [1.82, 2.24) is 0 Å². The highest BCUT2D eigenvalue weighted by Gasteiger charge is 2.32. The molecule has 2 aromatic rings. The highest BCUT2D eigenvalue weighted by Crippen LogP contribution is 2.34. The molecule has 144 valence electrons. The predicted octanol–water partition coefficient (Wildman–Crippen LogP) is 4.04. The Kier molecular flexibility index (Phi) is 4.80. The summed E-state index contributed by atoms with van der Waals surface area (Å²) in [6.07, 6.45) is 0.719. The summed E-state index contributed by atoms with van der Waals surface area (Å²) < 4.78 is 28.0. The fourth-order valence-corrected chi connectivity index (χ4v) is 4.31. The van der Waals surface area contributed by atoms with Crippen LogP contribution in [0.2, 0.25) is 0 Å². The average Bonchev–Trinajstić information content (AvgIpc) is 2.98. The van der Waals surface area contributed by atoms with E-state index in [9.17, 15) is 13.2 Å². The average molecular weight is 387 g/mol. The number of benzene rings is 2. The lowest BCUT2D eigenvalue weighted by Gasteiger charge is -2.26. The molecule has 27 heavy (non-hydrogen) atoms. The fraction of sp³-hybridized carbons (Fsp3) is 0.381. The summed E-state index contributed by atoms with van der Waals surface area (Å²) in [6, 6.07) is 10.5. The van der Waals surface area contributed by atoms with Crippen molar-refractivity contribution in [3.8, 4) is 0 Å². The summed E-state index contributed by atoms with van der Waals surface area (Å²) in [4.78, 5) is 14.6. The Balaban J connectivity index is 1.86. The number of carbonyl (C=O) groups is 1. The molecular weight excluding hydrogens is 360 g/mol. The number of nitrogens with zero attached hydrogens (tertiary/aromatic N) is 1. The number of sulfonamides is 1. The minimum Gasteiger partial charge on any atom is -0.311 e. The van der Waals surface area contributed by atoms with Gasteiger partial charge in [-0.1, -0.05) is 26.8 Å². The number of anilines is 2. The van der Waals surface area contributed by atoms with Crippen LogP contribution in [0.5, 0.6) is 0 Å². The van der Waals surface area contributed by atoms with Gasteiger partial charge in [0, 0.05) is 23.3 Å². The van der Waals surface area contributed by atoms with E-state index in [2.05, 4.69) is 4.72 Å². The van der Waals surface area contributed by atoms with Gasteiger partial charge >= 0.3 is 0 Å². The number of hydrogen-bond acceptors (Lipinski definition) is 3. The van der Waals surface area contributed by atoms with Gasteiger partial charge in [-0.15, -0.1) is 0 Å². The van der Waals surface area contributed by atoms with E-state index in [1.165, 1.54) is 0 Å². The number of aryl methyl sites for hydroxylation is 2. The van der Waals surface area contributed by atoms with E-state index in [0.717, 1.165) is 28.8 Å². The van der Waals surface area contributed by atoms with Gasteiger partial charge in [0.05, 0.1) is 4.90 Å². The third-order valence-corrected chi connectivity index (χ3v) is 6.28. The van der Waals surface area contributed by atoms with Gasteiger partial charge in [0.15, 0.2) is 0 Å². The summed E-state index contributed by atoms with van der Waals surface area (Å²) in [5.74, 6) is 0.0738. The quantitative estimate of drug-likeness (QED) is 0.866. The normalized spacial score (nSPS) is 14.2. The lowest BCUT2D eigenvalue weighted by Crippen LogP contribution is -2.38. The maximum Gasteiger partial charge on any atom is 0.261 e. The Morgan fingerprint density at radius 2 is 1.74 bits per heavy atom. The van der Waals surface area contributed by atoms with E-state index in [4.69, 9.17) is 0 Å². The van der Waals surface area contributed by atoms with E-state index < -0.39 is 15.4 Å². The van der Waals surface area contributed by atoms with Gasteiger partial charge in [0.1, 0.15) is 0 Å². The molecule has 3 rings (SSSR count). The van der Waals surface area contributed by atoms with Gasteiger partial charge in [-0.3, -0.25) is 9.52 Å². The molecule has 1 aliphatic heterocycles. The first-order valence-electron chi connectivity index (χ1n) is 9.04. The molecule has 0 spiro atoms. The van der Waals surface area contributed by atoms with Crippen molar-refractivity contribution in [1.29, 1.82) is 0 Å². The Hall–Kier alpha value is -2.34. The first kappa shape index (κ1) is 19.4. The van der Waals surface area contributed by atoms with Crippen LogP contribution in [-0.4, -0.2) is 20.9 Å². The van der Waals surface area contributed by atoms with Crippen molar-refractivity contribution < 1.29 is 13.2 Å². The first-order valence-corrected chi connectivity index (χ1v) is 10.5. The molecule has 0 saturated carbocycles. The monoisotopic (exact) mass is 386 g/mol. The van der Waals surface area contributed by atoms with Gasteiger partial charge < -0.3 is 4.90 Å². The molecule has 1 amide bonds. The molecule has 2 aromatic carbocycles. The number of hydrogen-bond donors (Lipinski definition) is 1. The third-order valence-electron chi connectivity index (χ3n) is 4.90. The number of nitrogens with one attached hydrogen (secondary N) is 1. The van der Waals surface area contributed by atoms with Crippen LogP contribution in [0.3, 0.4) is 0 Å². The topological polar surface area (TPSA) is 66.5 Å². The van der Waals surface area contributed by atoms with E-state index in [1.807, 2.05) is 52.8 Å². The molecule has 0 radical (unpaired) electrons. The molecule has 0 fully saturated rings. The molecule has 1 heterocycles. The smallest absolute Gasteiger partial charge is 0.261 e. The molecule has 0 unspecified atom stereocenters.